The lowest BCUT2D eigenvalue weighted by Gasteiger charge is -2.23. The molecule has 1 amide bonds. The van der Waals surface area contributed by atoms with Crippen molar-refractivity contribution in [2.75, 3.05) is 32.8 Å². The van der Waals surface area contributed by atoms with E-state index in [0.29, 0.717) is 25.7 Å². The zero-order chi connectivity index (χ0) is 13.3. The van der Waals surface area contributed by atoms with Crippen molar-refractivity contribution < 1.29 is 9.53 Å². The van der Waals surface area contributed by atoms with Gasteiger partial charge >= 0.3 is 0 Å². The van der Waals surface area contributed by atoms with Crippen LogP contribution in [-0.2, 0) is 9.53 Å². The quantitative estimate of drug-likeness (QED) is 0.499. The van der Waals surface area contributed by atoms with Crippen LogP contribution in [0.2, 0.25) is 0 Å². The molecule has 2 fully saturated rings. The molecule has 1 atom stereocenters. The lowest BCUT2D eigenvalue weighted by molar-refractivity contribution is -0.134. The second-order valence-corrected chi connectivity index (χ2v) is 5.50. The van der Waals surface area contributed by atoms with Crippen LogP contribution in [-0.4, -0.2) is 50.8 Å². The lowest BCUT2D eigenvalue weighted by Crippen LogP contribution is -2.49. The Morgan fingerprint density at radius 3 is 2.63 bits per heavy atom. The van der Waals surface area contributed by atoms with Crippen LogP contribution in [0.4, 0.5) is 0 Å². The smallest absolute Gasteiger partial charge is 0.250 e. The highest BCUT2D eigenvalue weighted by Gasteiger charge is 2.21. The number of morpholine rings is 1. The Morgan fingerprint density at radius 1 is 1.16 bits per heavy atom. The maximum Gasteiger partial charge on any atom is 0.250 e. The van der Waals surface area contributed by atoms with Gasteiger partial charge in [-0.25, -0.2) is 0 Å². The van der Waals surface area contributed by atoms with Gasteiger partial charge in [-0.15, -0.1) is 0 Å². The Balaban J connectivity index is 1.54. The van der Waals surface area contributed by atoms with E-state index in [-0.39, 0.29) is 12.0 Å². The van der Waals surface area contributed by atoms with Gasteiger partial charge in [-0.2, -0.15) is 0 Å². The Morgan fingerprint density at radius 2 is 1.95 bits per heavy atom. The van der Waals surface area contributed by atoms with Gasteiger partial charge in [-0.1, -0.05) is 25.7 Å². The highest BCUT2D eigenvalue weighted by atomic mass is 16.5. The molecule has 3 N–H and O–H groups in total. The highest BCUT2D eigenvalue weighted by molar-refractivity contribution is 5.81. The van der Waals surface area contributed by atoms with Crippen molar-refractivity contribution in [2.24, 2.45) is 0 Å². The van der Waals surface area contributed by atoms with Gasteiger partial charge in [0.1, 0.15) is 6.10 Å². The van der Waals surface area contributed by atoms with Crippen molar-refractivity contribution in [2.45, 2.75) is 50.7 Å². The van der Waals surface area contributed by atoms with Crippen molar-refractivity contribution in [3.05, 3.63) is 0 Å². The summed E-state index contributed by atoms with van der Waals surface area (Å²) in [4.78, 5) is 11.8. The third-order valence-corrected chi connectivity index (χ3v) is 3.93. The molecule has 0 radical (unpaired) electrons. The molecular formula is C14H27N3O2. The molecule has 0 bridgehead atoms. The number of amides is 1. The van der Waals surface area contributed by atoms with Crippen LogP contribution in [0.1, 0.15) is 38.5 Å². The number of carbonyl (C=O) groups excluding carboxylic acids is 1. The molecule has 1 saturated heterocycles. The minimum absolute atomic E-state index is 0.00914. The maximum absolute atomic E-state index is 11.8. The zero-order valence-corrected chi connectivity index (χ0v) is 11.7. The van der Waals surface area contributed by atoms with E-state index in [1.165, 1.54) is 38.5 Å². The zero-order valence-electron chi connectivity index (χ0n) is 11.7. The molecule has 5 nitrogen and oxygen atoms in total. The van der Waals surface area contributed by atoms with E-state index in [4.69, 9.17) is 4.74 Å². The first-order chi connectivity index (χ1) is 9.36. The van der Waals surface area contributed by atoms with Crippen LogP contribution >= 0.6 is 0 Å². The van der Waals surface area contributed by atoms with E-state index >= 15 is 0 Å². The molecule has 0 aromatic rings. The van der Waals surface area contributed by atoms with Crippen LogP contribution in [0.25, 0.3) is 0 Å². The minimum Gasteiger partial charge on any atom is -0.366 e. The molecule has 1 aliphatic carbocycles. The summed E-state index contributed by atoms with van der Waals surface area (Å²) in [5.41, 5.74) is 0. The van der Waals surface area contributed by atoms with Crippen molar-refractivity contribution in [1.82, 2.24) is 16.0 Å². The van der Waals surface area contributed by atoms with Crippen LogP contribution in [0.15, 0.2) is 0 Å². The first kappa shape index (κ1) is 14.8. The predicted octanol–water partition coefficient (Wildman–Crippen LogP) is 0.403. The van der Waals surface area contributed by atoms with Gasteiger partial charge in [0.15, 0.2) is 0 Å². The first-order valence-corrected chi connectivity index (χ1v) is 7.69. The van der Waals surface area contributed by atoms with Gasteiger partial charge in [0.05, 0.1) is 6.61 Å². The fourth-order valence-corrected chi connectivity index (χ4v) is 2.79. The lowest BCUT2D eigenvalue weighted by atomic mass is 10.1. The minimum atomic E-state index is -0.313. The summed E-state index contributed by atoms with van der Waals surface area (Å²) in [6.07, 6.45) is 7.68. The fourth-order valence-electron chi connectivity index (χ4n) is 2.79. The molecule has 0 aromatic heterocycles. The van der Waals surface area contributed by atoms with Crippen LogP contribution in [0.3, 0.4) is 0 Å². The number of hydrogen-bond acceptors (Lipinski definition) is 4. The summed E-state index contributed by atoms with van der Waals surface area (Å²) in [5, 5.41) is 9.65. The number of ether oxygens (including phenoxy) is 1. The van der Waals surface area contributed by atoms with E-state index in [1.807, 2.05) is 0 Å². The topological polar surface area (TPSA) is 62.4 Å². The Bertz CT molecular complexity index is 259. The third kappa shape index (κ3) is 5.47. The van der Waals surface area contributed by atoms with Gasteiger partial charge in [0, 0.05) is 32.2 Å². The standard InChI is InChI=1S/C14H27N3O2/c18-14(13-11-15-9-10-19-13)17-8-7-16-12-5-3-1-2-4-6-12/h12-13,15-16H,1-11H2,(H,17,18). The summed E-state index contributed by atoms with van der Waals surface area (Å²) in [5.74, 6) is 0.00914. The van der Waals surface area contributed by atoms with Crippen molar-refractivity contribution >= 4 is 5.91 Å². The van der Waals surface area contributed by atoms with Crippen molar-refractivity contribution in [3.8, 4) is 0 Å². The number of hydrogen-bond donors (Lipinski definition) is 3. The van der Waals surface area contributed by atoms with Crippen LogP contribution < -0.4 is 16.0 Å². The number of carbonyl (C=O) groups is 1. The molecule has 1 saturated carbocycles. The van der Waals surface area contributed by atoms with Gasteiger partial charge in [-0.05, 0) is 12.8 Å². The SMILES string of the molecule is O=C(NCCNC1CCCCCC1)C1CNCCO1. The molecule has 1 unspecified atom stereocenters. The van der Waals surface area contributed by atoms with Crippen LogP contribution in [0.5, 0.6) is 0 Å². The fraction of sp³-hybridized carbons (Fsp3) is 0.929. The molecular weight excluding hydrogens is 242 g/mol. The molecule has 2 rings (SSSR count). The van der Waals surface area contributed by atoms with Gasteiger partial charge in [0.2, 0.25) is 0 Å². The summed E-state index contributed by atoms with van der Waals surface area (Å²) in [7, 11) is 0. The van der Waals surface area contributed by atoms with E-state index < -0.39 is 0 Å². The van der Waals surface area contributed by atoms with E-state index in [0.717, 1.165) is 13.1 Å². The monoisotopic (exact) mass is 269 g/mol. The molecule has 0 aromatic carbocycles. The molecule has 1 aliphatic heterocycles. The van der Waals surface area contributed by atoms with Gasteiger partial charge in [0.25, 0.3) is 5.91 Å². The van der Waals surface area contributed by atoms with E-state index in [1.54, 1.807) is 0 Å². The van der Waals surface area contributed by atoms with Crippen molar-refractivity contribution in [1.29, 1.82) is 0 Å². The molecule has 19 heavy (non-hydrogen) atoms. The molecule has 5 heteroatoms. The summed E-state index contributed by atoms with van der Waals surface area (Å²) >= 11 is 0. The summed E-state index contributed by atoms with van der Waals surface area (Å²) in [6.45, 7) is 3.64. The van der Waals surface area contributed by atoms with E-state index in [9.17, 15) is 4.79 Å². The van der Waals surface area contributed by atoms with Gasteiger partial charge in [-0.3, -0.25) is 4.79 Å². The molecule has 110 valence electrons. The second kappa shape index (κ2) is 8.51. The maximum atomic E-state index is 11.8. The number of rotatable bonds is 5. The molecule has 2 aliphatic rings. The highest BCUT2D eigenvalue weighted by Crippen LogP contribution is 2.16. The number of nitrogens with one attached hydrogen (secondary N) is 3. The van der Waals surface area contributed by atoms with Gasteiger partial charge < -0.3 is 20.7 Å². The molecule has 0 spiro atoms. The Hall–Kier alpha value is -0.650. The predicted molar refractivity (Wildman–Crippen MR) is 75.1 cm³/mol. The second-order valence-electron chi connectivity index (χ2n) is 5.50. The summed E-state index contributed by atoms with van der Waals surface area (Å²) in [6, 6.07) is 0.645. The Kier molecular flexibility index (Phi) is 6.61. The van der Waals surface area contributed by atoms with Crippen LogP contribution in [0, 0.1) is 0 Å². The average molecular weight is 269 g/mol. The van der Waals surface area contributed by atoms with E-state index in [2.05, 4.69) is 16.0 Å². The van der Waals surface area contributed by atoms with Crippen molar-refractivity contribution in [3.63, 3.8) is 0 Å². The largest absolute Gasteiger partial charge is 0.366 e. The first-order valence-electron chi connectivity index (χ1n) is 7.69. The third-order valence-electron chi connectivity index (χ3n) is 3.93. The summed E-state index contributed by atoms with van der Waals surface area (Å²) < 4.78 is 5.41. The normalized spacial score (nSPS) is 25.8. The average Bonchev–Trinajstić information content (AvgIpc) is 2.73. The molecule has 1 heterocycles. The Labute approximate surface area is 115 Å².